The van der Waals surface area contributed by atoms with Gasteiger partial charge in [-0.05, 0) is 31.5 Å². The number of nitrogens with zero attached hydrogens (tertiary/aromatic N) is 1. The fourth-order valence-corrected chi connectivity index (χ4v) is 1.93. The van der Waals surface area contributed by atoms with Gasteiger partial charge < -0.3 is 10.1 Å². The Morgan fingerprint density at radius 1 is 1.05 bits per heavy atom. The van der Waals surface area contributed by atoms with E-state index in [1.165, 1.54) is 0 Å². The zero-order valence-corrected chi connectivity index (χ0v) is 12.0. The Labute approximate surface area is 124 Å². The molecule has 1 aromatic carbocycles. The Hall–Kier alpha value is -2.31. The van der Waals surface area contributed by atoms with Gasteiger partial charge in [0.1, 0.15) is 11.4 Å². The molecule has 0 fully saturated rings. The normalized spacial score (nSPS) is 12.1. The molecule has 0 saturated carbocycles. The predicted octanol–water partition coefficient (Wildman–Crippen LogP) is 4.21. The van der Waals surface area contributed by atoms with Crippen LogP contribution in [0.15, 0.2) is 24.3 Å². The van der Waals surface area contributed by atoms with E-state index in [1.54, 1.807) is 31.2 Å². The van der Waals surface area contributed by atoms with E-state index in [0.29, 0.717) is 17.9 Å². The highest BCUT2D eigenvalue weighted by atomic mass is 19.2. The zero-order chi connectivity index (χ0) is 16.3. The van der Waals surface area contributed by atoms with E-state index in [0.717, 1.165) is 0 Å². The summed E-state index contributed by atoms with van der Waals surface area (Å²) in [6.07, 6.45) is 0. The topological polar surface area (TPSA) is 34.1 Å². The van der Waals surface area contributed by atoms with Gasteiger partial charge in [0.25, 0.3) is 11.9 Å². The Balaban J connectivity index is 2.23. The number of nitrogens with one attached hydrogen (secondary N) is 1. The average Bonchev–Trinajstić information content (AvgIpc) is 2.50. The van der Waals surface area contributed by atoms with E-state index in [9.17, 15) is 17.6 Å². The molecule has 1 unspecified atom stereocenters. The van der Waals surface area contributed by atoms with Crippen LogP contribution in [0.2, 0.25) is 0 Å². The standard InChI is InChI=1S/C15H14F4N2O/c1-3-22-10-6-4-9(5-7-10)8(2)20-13-11(16)14(18)21-15(19)12(13)17/h4-8H,3H2,1-2H3,(H,20,21). The molecular formula is C15H14F4N2O. The molecule has 1 N–H and O–H groups in total. The maximum absolute atomic E-state index is 13.6. The van der Waals surface area contributed by atoms with Gasteiger partial charge in [-0.3, -0.25) is 0 Å². The summed E-state index contributed by atoms with van der Waals surface area (Å²) in [5, 5.41) is 2.42. The molecule has 0 aliphatic heterocycles. The summed E-state index contributed by atoms with van der Waals surface area (Å²) in [6.45, 7) is 3.96. The smallest absolute Gasteiger partial charge is 0.253 e. The molecule has 0 aliphatic carbocycles. The van der Waals surface area contributed by atoms with Crippen LogP contribution in [0.25, 0.3) is 0 Å². The SMILES string of the molecule is CCOc1ccc(C(C)Nc2c(F)c(F)nc(F)c2F)cc1. The van der Waals surface area contributed by atoms with Gasteiger partial charge in [0.2, 0.25) is 11.6 Å². The van der Waals surface area contributed by atoms with Crippen LogP contribution in [0.3, 0.4) is 0 Å². The first kappa shape index (κ1) is 16.1. The van der Waals surface area contributed by atoms with Crippen molar-refractivity contribution in [1.82, 2.24) is 4.98 Å². The molecule has 3 nitrogen and oxygen atoms in total. The Morgan fingerprint density at radius 2 is 1.59 bits per heavy atom. The van der Waals surface area contributed by atoms with Gasteiger partial charge in [-0.2, -0.15) is 22.5 Å². The number of ether oxygens (including phenoxy) is 1. The van der Waals surface area contributed by atoms with Gasteiger partial charge in [0, 0.05) is 6.04 Å². The highest BCUT2D eigenvalue weighted by molar-refractivity contribution is 5.47. The molecule has 0 bridgehead atoms. The van der Waals surface area contributed by atoms with E-state index < -0.39 is 35.3 Å². The summed E-state index contributed by atoms with van der Waals surface area (Å²) < 4.78 is 58.5. The molecule has 0 saturated heterocycles. The van der Waals surface area contributed by atoms with Gasteiger partial charge in [-0.1, -0.05) is 12.1 Å². The molecule has 0 radical (unpaired) electrons. The van der Waals surface area contributed by atoms with Crippen LogP contribution in [-0.4, -0.2) is 11.6 Å². The second kappa shape index (κ2) is 6.64. The summed E-state index contributed by atoms with van der Waals surface area (Å²) >= 11 is 0. The largest absolute Gasteiger partial charge is 0.494 e. The number of hydrogen-bond acceptors (Lipinski definition) is 3. The van der Waals surface area contributed by atoms with Crippen LogP contribution in [0.5, 0.6) is 5.75 Å². The summed E-state index contributed by atoms with van der Waals surface area (Å²) in [4.78, 5) is 2.51. The van der Waals surface area contributed by atoms with Crippen molar-refractivity contribution in [3.8, 4) is 5.75 Å². The maximum atomic E-state index is 13.6. The monoisotopic (exact) mass is 314 g/mol. The van der Waals surface area contributed by atoms with Crippen molar-refractivity contribution in [2.45, 2.75) is 19.9 Å². The van der Waals surface area contributed by atoms with Gasteiger partial charge in [-0.15, -0.1) is 0 Å². The van der Waals surface area contributed by atoms with Crippen molar-refractivity contribution in [1.29, 1.82) is 0 Å². The highest BCUT2D eigenvalue weighted by Gasteiger charge is 2.22. The molecule has 0 spiro atoms. The van der Waals surface area contributed by atoms with Crippen LogP contribution in [-0.2, 0) is 0 Å². The minimum Gasteiger partial charge on any atom is -0.494 e. The molecular weight excluding hydrogens is 300 g/mol. The minimum atomic E-state index is -1.69. The minimum absolute atomic E-state index is 0.513. The van der Waals surface area contributed by atoms with E-state index >= 15 is 0 Å². The van der Waals surface area contributed by atoms with Gasteiger partial charge in [0.05, 0.1) is 6.61 Å². The molecule has 1 aromatic heterocycles. The second-order valence-electron chi connectivity index (χ2n) is 4.56. The Kier molecular flexibility index (Phi) is 4.85. The maximum Gasteiger partial charge on any atom is 0.253 e. The second-order valence-corrected chi connectivity index (χ2v) is 4.56. The van der Waals surface area contributed by atoms with Crippen molar-refractivity contribution in [2.75, 3.05) is 11.9 Å². The fourth-order valence-electron chi connectivity index (χ4n) is 1.93. The predicted molar refractivity (Wildman–Crippen MR) is 73.7 cm³/mol. The van der Waals surface area contributed by atoms with Gasteiger partial charge in [-0.25, -0.2) is 0 Å². The summed E-state index contributed by atoms with van der Waals surface area (Å²) in [6, 6.07) is 6.18. The third kappa shape index (κ3) is 3.29. The van der Waals surface area contributed by atoms with Crippen LogP contribution in [0, 0.1) is 23.5 Å². The highest BCUT2D eigenvalue weighted by Crippen LogP contribution is 2.27. The Morgan fingerprint density at radius 3 is 2.09 bits per heavy atom. The van der Waals surface area contributed by atoms with E-state index in [1.807, 2.05) is 6.92 Å². The quantitative estimate of drug-likeness (QED) is 0.663. The van der Waals surface area contributed by atoms with Gasteiger partial charge in [0.15, 0.2) is 0 Å². The molecule has 22 heavy (non-hydrogen) atoms. The molecule has 0 aliphatic rings. The lowest BCUT2D eigenvalue weighted by atomic mass is 10.1. The number of hydrogen-bond donors (Lipinski definition) is 1. The molecule has 118 valence electrons. The summed E-state index contributed by atoms with van der Waals surface area (Å²) in [5.74, 6) is -5.86. The lowest BCUT2D eigenvalue weighted by Gasteiger charge is -2.17. The number of pyridine rings is 1. The first-order chi connectivity index (χ1) is 10.4. The number of aromatic nitrogens is 1. The Bertz CT molecular complexity index is 635. The van der Waals surface area contributed by atoms with E-state index in [4.69, 9.17) is 4.74 Å². The third-order valence-electron chi connectivity index (χ3n) is 3.05. The lowest BCUT2D eigenvalue weighted by Crippen LogP contribution is -2.13. The van der Waals surface area contributed by atoms with Gasteiger partial charge >= 0.3 is 0 Å². The van der Waals surface area contributed by atoms with Crippen molar-refractivity contribution in [2.24, 2.45) is 0 Å². The van der Waals surface area contributed by atoms with Crippen molar-refractivity contribution >= 4 is 5.69 Å². The first-order valence-corrected chi connectivity index (χ1v) is 6.63. The third-order valence-corrected chi connectivity index (χ3v) is 3.05. The molecule has 0 amide bonds. The fraction of sp³-hybridized carbons (Fsp3) is 0.267. The zero-order valence-electron chi connectivity index (χ0n) is 12.0. The molecule has 7 heteroatoms. The number of anilines is 1. The van der Waals surface area contributed by atoms with Crippen LogP contribution >= 0.6 is 0 Å². The van der Waals surface area contributed by atoms with Crippen LogP contribution in [0.1, 0.15) is 25.5 Å². The number of rotatable bonds is 5. The molecule has 1 heterocycles. The summed E-state index contributed by atoms with van der Waals surface area (Å²) in [5.41, 5.74) is -0.216. The molecule has 1 atom stereocenters. The van der Waals surface area contributed by atoms with Crippen LogP contribution < -0.4 is 10.1 Å². The van der Waals surface area contributed by atoms with E-state index in [2.05, 4.69) is 10.3 Å². The van der Waals surface area contributed by atoms with Crippen LogP contribution in [0.4, 0.5) is 23.2 Å². The van der Waals surface area contributed by atoms with Crippen molar-refractivity contribution in [3.63, 3.8) is 0 Å². The average molecular weight is 314 g/mol. The van der Waals surface area contributed by atoms with E-state index in [-0.39, 0.29) is 0 Å². The van der Waals surface area contributed by atoms with Crippen molar-refractivity contribution in [3.05, 3.63) is 53.4 Å². The number of halogens is 4. The lowest BCUT2D eigenvalue weighted by molar-refractivity contribution is 0.340. The van der Waals surface area contributed by atoms with Crippen molar-refractivity contribution < 1.29 is 22.3 Å². The number of benzene rings is 1. The molecule has 2 aromatic rings. The summed E-state index contributed by atoms with van der Waals surface area (Å²) in [7, 11) is 0. The first-order valence-electron chi connectivity index (χ1n) is 6.63. The molecule has 2 rings (SSSR count).